The summed E-state index contributed by atoms with van der Waals surface area (Å²) in [5.41, 5.74) is 0. The third-order valence-corrected chi connectivity index (χ3v) is 1.93. The fourth-order valence-corrected chi connectivity index (χ4v) is 1.31. The smallest absolute Gasteiger partial charge is 0.306 e. The molecule has 0 spiro atoms. The SMILES string of the molecule is CC(=O)NC1CCC(=O)OC1C. The van der Waals surface area contributed by atoms with Gasteiger partial charge in [0.1, 0.15) is 6.10 Å². The topological polar surface area (TPSA) is 55.4 Å². The number of hydrogen-bond donors (Lipinski definition) is 1. The van der Waals surface area contributed by atoms with Gasteiger partial charge in [-0.2, -0.15) is 0 Å². The lowest BCUT2D eigenvalue weighted by molar-refractivity contribution is -0.155. The van der Waals surface area contributed by atoms with Gasteiger partial charge in [-0.15, -0.1) is 0 Å². The second-order valence-electron chi connectivity index (χ2n) is 3.04. The maximum absolute atomic E-state index is 10.8. The van der Waals surface area contributed by atoms with Crippen LogP contribution >= 0.6 is 0 Å². The van der Waals surface area contributed by atoms with E-state index in [1.165, 1.54) is 6.92 Å². The molecule has 2 atom stereocenters. The number of carbonyl (C=O) groups is 2. The zero-order valence-electron chi connectivity index (χ0n) is 7.29. The monoisotopic (exact) mass is 171 g/mol. The first-order chi connectivity index (χ1) is 5.59. The van der Waals surface area contributed by atoms with E-state index in [0.29, 0.717) is 12.8 Å². The van der Waals surface area contributed by atoms with E-state index in [4.69, 9.17) is 4.74 Å². The standard InChI is InChI=1S/C8H13NO3/c1-5-7(9-6(2)10)3-4-8(11)12-5/h5,7H,3-4H2,1-2H3,(H,9,10). The van der Waals surface area contributed by atoms with Crippen molar-refractivity contribution in [1.29, 1.82) is 0 Å². The molecule has 0 aromatic carbocycles. The van der Waals surface area contributed by atoms with E-state index in [1.807, 2.05) is 0 Å². The predicted molar refractivity (Wildman–Crippen MR) is 42.4 cm³/mol. The van der Waals surface area contributed by atoms with Gasteiger partial charge in [0.05, 0.1) is 6.04 Å². The average molecular weight is 171 g/mol. The second-order valence-corrected chi connectivity index (χ2v) is 3.04. The Labute approximate surface area is 71.3 Å². The summed E-state index contributed by atoms with van der Waals surface area (Å²) in [6, 6.07) is -0.0137. The molecule has 0 aromatic rings. The number of amides is 1. The lowest BCUT2D eigenvalue weighted by Gasteiger charge is -2.28. The summed E-state index contributed by atoms with van der Waals surface area (Å²) in [5, 5.41) is 2.74. The van der Waals surface area contributed by atoms with Crippen molar-refractivity contribution in [2.75, 3.05) is 0 Å². The molecule has 1 N–H and O–H groups in total. The fraction of sp³-hybridized carbons (Fsp3) is 0.750. The van der Waals surface area contributed by atoms with E-state index in [9.17, 15) is 9.59 Å². The van der Waals surface area contributed by atoms with Crippen molar-refractivity contribution in [1.82, 2.24) is 5.32 Å². The molecular weight excluding hydrogens is 158 g/mol. The highest BCUT2D eigenvalue weighted by atomic mass is 16.5. The normalized spacial score (nSPS) is 29.3. The Morgan fingerprint density at radius 3 is 2.83 bits per heavy atom. The summed E-state index contributed by atoms with van der Waals surface area (Å²) in [6.45, 7) is 3.25. The van der Waals surface area contributed by atoms with E-state index in [2.05, 4.69) is 5.32 Å². The van der Waals surface area contributed by atoms with Crippen molar-refractivity contribution in [2.45, 2.75) is 38.8 Å². The predicted octanol–water partition coefficient (Wildman–Crippen LogP) is 0.217. The summed E-state index contributed by atoms with van der Waals surface area (Å²) >= 11 is 0. The van der Waals surface area contributed by atoms with Crippen LogP contribution in [-0.4, -0.2) is 24.0 Å². The summed E-state index contributed by atoms with van der Waals surface area (Å²) in [7, 11) is 0. The molecule has 1 aliphatic rings. The summed E-state index contributed by atoms with van der Waals surface area (Å²) in [6.07, 6.45) is 0.879. The van der Waals surface area contributed by atoms with Gasteiger partial charge in [-0.1, -0.05) is 0 Å². The number of nitrogens with one attached hydrogen (secondary N) is 1. The zero-order chi connectivity index (χ0) is 9.14. The van der Waals surface area contributed by atoms with Gasteiger partial charge in [0, 0.05) is 13.3 Å². The molecule has 0 aliphatic carbocycles. The third-order valence-electron chi connectivity index (χ3n) is 1.93. The molecule has 0 saturated carbocycles. The molecule has 1 aliphatic heterocycles. The highest BCUT2D eigenvalue weighted by molar-refractivity contribution is 5.74. The van der Waals surface area contributed by atoms with Crippen LogP contribution in [-0.2, 0) is 14.3 Å². The van der Waals surface area contributed by atoms with Gasteiger partial charge in [0.2, 0.25) is 5.91 Å². The van der Waals surface area contributed by atoms with Crippen LogP contribution in [0.3, 0.4) is 0 Å². The minimum atomic E-state index is -0.199. The van der Waals surface area contributed by atoms with Crippen molar-refractivity contribution < 1.29 is 14.3 Å². The van der Waals surface area contributed by atoms with Gasteiger partial charge in [-0.25, -0.2) is 0 Å². The minimum absolute atomic E-state index is 0.0137. The molecule has 1 amide bonds. The van der Waals surface area contributed by atoms with Crippen LogP contribution in [0.2, 0.25) is 0 Å². The van der Waals surface area contributed by atoms with E-state index in [1.54, 1.807) is 6.92 Å². The second kappa shape index (κ2) is 3.56. The largest absolute Gasteiger partial charge is 0.460 e. The van der Waals surface area contributed by atoms with Gasteiger partial charge >= 0.3 is 5.97 Å². The van der Waals surface area contributed by atoms with Crippen LogP contribution in [0.5, 0.6) is 0 Å². The summed E-state index contributed by atoms with van der Waals surface area (Å²) < 4.78 is 4.95. The van der Waals surface area contributed by atoms with E-state index < -0.39 is 0 Å². The van der Waals surface area contributed by atoms with Crippen molar-refractivity contribution in [3.05, 3.63) is 0 Å². The molecule has 1 saturated heterocycles. The molecule has 2 unspecified atom stereocenters. The molecule has 68 valence electrons. The Balaban J connectivity index is 2.45. The number of ether oxygens (including phenoxy) is 1. The zero-order valence-corrected chi connectivity index (χ0v) is 7.29. The molecule has 0 aromatic heterocycles. The van der Waals surface area contributed by atoms with Crippen molar-refractivity contribution in [2.24, 2.45) is 0 Å². The van der Waals surface area contributed by atoms with Crippen LogP contribution in [0.1, 0.15) is 26.7 Å². The number of rotatable bonds is 1. The van der Waals surface area contributed by atoms with Crippen molar-refractivity contribution >= 4 is 11.9 Å². The van der Waals surface area contributed by atoms with Crippen LogP contribution < -0.4 is 5.32 Å². The number of cyclic esters (lactones) is 1. The lowest BCUT2D eigenvalue weighted by Crippen LogP contribution is -2.46. The first-order valence-corrected chi connectivity index (χ1v) is 4.06. The van der Waals surface area contributed by atoms with Crippen LogP contribution in [0, 0.1) is 0 Å². The number of hydrogen-bond acceptors (Lipinski definition) is 3. The molecule has 12 heavy (non-hydrogen) atoms. The van der Waals surface area contributed by atoms with E-state index in [-0.39, 0.29) is 24.0 Å². The molecule has 4 heteroatoms. The molecular formula is C8H13NO3. The first kappa shape index (κ1) is 9.03. The van der Waals surface area contributed by atoms with Gasteiger partial charge in [0.15, 0.2) is 0 Å². The molecule has 1 rings (SSSR count). The Morgan fingerprint density at radius 2 is 2.33 bits per heavy atom. The molecule has 1 fully saturated rings. The lowest BCUT2D eigenvalue weighted by atomic mass is 10.0. The van der Waals surface area contributed by atoms with Gasteiger partial charge < -0.3 is 10.1 Å². The Morgan fingerprint density at radius 1 is 1.67 bits per heavy atom. The molecule has 1 heterocycles. The molecule has 0 radical (unpaired) electrons. The Kier molecular flexibility index (Phi) is 2.68. The summed E-state index contributed by atoms with van der Waals surface area (Å²) in [4.78, 5) is 21.5. The van der Waals surface area contributed by atoms with Gasteiger partial charge in [0.25, 0.3) is 0 Å². The molecule has 0 bridgehead atoms. The van der Waals surface area contributed by atoms with Crippen LogP contribution in [0.25, 0.3) is 0 Å². The third kappa shape index (κ3) is 2.22. The van der Waals surface area contributed by atoms with Crippen molar-refractivity contribution in [3.8, 4) is 0 Å². The fourth-order valence-electron chi connectivity index (χ4n) is 1.31. The first-order valence-electron chi connectivity index (χ1n) is 4.06. The highest BCUT2D eigenvalue weighted by Crippen LogP contribution is 2.14. The van der Waals surface area contributed by atoms with Crippen LogP contribution in [0.15, 0.2) is 0 Å². The van der Waals surface area contributed by atoms with Crippen LogP contribution in [0.4, 0.5) is 0 Å². The van der Waals surface area contributed by atoms with E-state index >= 15 is 0 Å². The minimum Gasteiger partial charge on any atom is -0.460 e. The maximum Gasteiger partial charge on any atom is 0.306 e. The average Bonchev–Trinajstić information content (AvgIpc) is 1.94. The number of esters is 1. The quantitative estimate of drug-likeness (QED) is 0.574. The Hall–Kier alpha value is -1.06. The molecule has 4 nitrogen and oxygen atoms in total. The Bertz CT molecular complexity index is 202. The summed E-state index contributed by atoms with van der Waals surface area (Å²) in [5.74, 6) is -0.256. The van der Waals surface area contributed by atoms with Crippen molar-refractivity contribution in [3.63, 3.8) is 0 Å². The van der Waals surface area contributed by atoms with Gasteiger partial charge in [-0.3, -0.25) is 9.59 Å². The highest BCUT2D eigenvalue weighted by Gasteiger charge is 2.27. The van der Waals surface area contributed by atoms with E-state index in [0.717, 1.165) is 0 Å². The van der Waals surface area contributed by atoms with Gasteiger partial charge in [-0.05, 0) is 13.3 Å². The number of carbonyl (C=O) groups excluding carboxylic acids is 2. The maximum atomic E-state index is 10.8.